The fourth-order valence-electron chi connectivity index (χ4n) is 4.94. The van der Waals surface area contributed by atoms with Crippen LogP contribution in [0.4, 0.5) is 4.39 Å². The number of fused-ring (bicyclic) bond motifs is 2. The molecule has 1 aromatic carbocycles. The predicted octanol–water partition coefficient (Wildman–Crippen LogP) is 3.37. The van der Waals surface area contributed by atoms with Crippen LogP contribution in [0.25, 0.3) is 0 Å². The van der Waals surface area contributed by atoms with E-state index in [0.717, 1.165) is 25.8 Å². The van der Waals surface area contributed by atoms with Gasteiger partial charge in [-0.1, -0.05) is 26.8 Å². The second kappa shape index (κ2) is 6.11. The Morgan fingerprint density at radius 1 is 1.28 bits per heavy atom. The Bertz CT molecular complexity index is 703. The smallest absolute Gasteiger partial charge is 0.252 e. The van der Waals surface area contributed by atoms with Gasteiger partial charge in [-0.25, -0.2) is 4.39 Å². The fraction of sp³-hybridized carbons (Fsp3) is 0.600. The molecule has 3 rings (SSSR count). The number of carbonyl (C=O) groups excluding carboxylic acids is 2. The van der Waals surface area contributed by atoms with E-state index in [0.29, 0.717) is 0 Å². The molecule has 1 heterocycles. The second-order valence-electron chi connectivity index (χ2n) is 8.89. The maximum absolute atomic E-state index is 13.3. The maximum Gasteiger partial charge on any atom is 0.252 e. The van der Waals surface area contributed by atoms with Crippen molar-refractivity contribution in [2.45, 2.75) is 59.0 Å². The normalized spacial score (nSPS) is 28.5. The molecular weight excluding hydrogens is 319 g/mol. The number of rotatable bonds is 3. The number of nitrogens with zero attached hydrogens (tertiary/aromatic N) is 1. The molecule has 136 valence electrons. The highest BCUT2D eigenvalue weighted by molar-refractivity contribution is 5.97. The zero-order chi connectivity index (χ0) is 18.4. The Morgan fingerprint density at radius 2 is 2.00 bits per heavy atom. The van der Waals surface area contributed by atoms with Crippen LogP contribution in [0.2, 0.25) is 0 Å². The Morgan fingerprint density at radius 3 is 2.68 bits per heavy atom. The highest BCUT2D eigenvalue weighted by atomic mass is 19.1. The zero-order valence-corrected chi connectivity index (χ0v) is 15.4. The van der Waals surface area contributed by atoms with E-state index in [2.05, 4.69) is 26.1 Å². The van der Waals surface area contributed by atoms with Crippen LogP contribution in [0, 0.1) is 16.6 Å². The van der Waals surface area contributed by atoms with Gasteiger partial charge in [-0.05, 0) is 55.2 Å². The van der Waals surface area contributed by atoms with Crippen molar-refractivity contribution in [2.75, 3.05) is 6.54 Å². The first-order chi connectivity index (χ1) is 11.6. The number of likely N-dealkylation sites (tertiary alicyclic amines) is 1. The van der Waals surface area contributed by atoms with Gasteiger partial charge in [-0.15, -0.1) is 0 Å². The minimum Gasteiger partial charge on any atom is -0.341 e. The third-order valence-electron chi connectivity index (χ3n) is 5.50. The number of nitrogens with one attached hydrogen (secondary N) is 1. The minimum atomic E-state index is -0.623. The molecule has 2 bridgehead atoms. The van der Waals surface area contributed by atoms with E-state index >= 15 is 0 Å². The summed E-state index contributed by atoms with van der Waals surface area (Å²) in [7, 11) is 0. The fourth-order valence-corrected chi connectivity index (χ4v) is 4.94. The lowest BCUT2D eigenvalue weighted by molar-refractivity contribution is -0.134. The molecule has 1 saturated carbocycles. The molecule has 5 heteroatoms. The number of amides is 2. The first kappa shape index (κ1) is 17.9. The van der Waals surface area contributed by atoms with Crippen molar-refractivity contribution in [2.24, 2.45) is 10.8 Å². The van der Waals surface area contributed by atoms with Crippen molar-refractivity contribution in [1.29, 1.82) is 0 Å². The van der Waals surface area contributed by atoms with Gasteiger partial charge >= 0.3 is 0 Å². The topological polar surface area (TPSA) is 49.4 Å². The van der Waals surface area contributed by atoms with Crippen LogP contribution in [0.15, 0.2) is 24.3 Å². The molecule has 1 N–H and O–H groups in total. The van der Waals surface area contributed by atoms with Gasteiger partial charge in [0, 0.05) is 18.2 Å². The highest BCUT2D eigenvalue weighted by Gasteiger charge is 2.51. The van der Waals surface area contributed by atoms with Gasteiger partial charge in [0.25, 0.3) is 5.91 Å². The van der Waals surface area contributed by atoms with Crippen LogP contribution in [0.5, 0.6) is 0 Å². The van der Waals surface area contributed by atoms with Gasteiger partial charge in [-0.3, -0.25) is 9.59 Å². The summed E-state index contributed by atoms with van der Waals surface area (Å²) in [5, 5.41) is 2.72. The maximum atomic E-state index is 13.3. The molecule has 25 heavy (non-hydrogen) atoms. The van der Waals surface area contributed by atoms with Crippen molar-refractivity contribution in [3.05, 3.63) is 35.6 Å². The van der Waals surface area contributed by atoms with Crippen molar-refractivity contribution >= 4 is 11.8 Å². The quantitative estimate of drug-likeness (QED) is 0.912. The van der Waals surface area contributed by atoms with E-state index in [1.807, 2.05) is 4.90 Å². The standard InChI is InChI=1S/C20H27FN2O2/c1-13(22-17(24)14-6-5-7-15(21)8-14)18(25)23-12-20(4)10-16(23)9-19(2,3)11-20/h5-8,13,16H,9-12H2,1-4H3,(H,22,24). The van der Waals surface area contributed by atoms with Gasteiger partial charge in [0.2, 0.25) is 5.91 Å². The molecule has 1 aliphatic carbocycles. The molecule has 1 saturated heterocycles. The number of halogens is 1. The van der Waals surface area contributed by atoms with Crippen molar-refractivity contribution in [1.82, 2.24) is 10.2 Å². The Hall–Kier alpha value is -1.91. The third-order valence-corrected chi connectivity index (χ3v) is 5.50. The van der Waals surface area contributed by atoms with E-state index in [1.54, 1.807) is 13.0 Å². The molecule has 0 aromatic heterocycles. The van der Waals surface area contributed by atoms with Gasteiger partial charge < -0.3 is 10.2 Å². The van der Waals surface area contributed by atoms with Gasteiger partial charge in [0.15, 0.2) is 0 Å². The lowest BCUT2D eigenvalue weighted by Crippen LogP contribution is -2.49. The van der Waals surface area contributed by atoms with Crippen LogP contribution < -0.4 is 5.32 Å². The van der Waals surface area contributed by atoms with Crippen molar-refractivity contribution < 1.29 is 14.0 Å². The van der Waals surface area contributed by atoms with Crippen molar-refractivity contribution in [3.63, 3.8) is 0 Å². The molecule has 4 nitrogen and oxygen atoms in total. The van der Waals surface area contributed by atoms with Crippen LogP contribution in [-0.4, -0.2) is 35.3 Å². The summed E-state index contributed by atoms with van der Waals surface area (Å²) in [5.41, 5.74) is 0.627. The van der Waals surface area contributed by atoms with E-state index in [4.69, 9.17) is 0 Å². The molecular formula is C20H27FN2O2. The number of hydrogen-bond donors (Lipinski definition) is 1. The summed E-state index contributed by atoms with van der Waals surface area (Å²) in [6, 6.07) is 5.12. The summed E-state index contributed by atoms with van der Waals surface area (Å²) in [6.45, 7) is 9.24. The first-order valence-corrected chi connectivity index (χ1v) is 8.96. The molecule has 2 fully saturated rings. The highest BCUT2D eigenvalue weighted by Crippen LogP contribution is 2.52. The van der Waals surface area contributed by atoms with E-state index in [-0.39, 0.29) is 28.3 Å². The van der Waals surface area contributed by atoms with E-state index in [1.165, 1.54) is 18.2 Å². The van der Waals surface area contributed by atoms with Gasteiger partial charge in [-0.2, -0.15) is 0 Å². The monoisotopic (exact) mass is 346 g/mol. The molecule has 1 aromatic rings. The van der Waals surface area contributed by atoms with Crippen LogP contribution >= 0.6 is 0 Å². The molecule has 3 atom stereocenters. The zero-order valence-electron chi connectivity index (χ0n) is 15.4. The molecule has 2 amide bonds. The van der Waals surface area contributed by atoms with Crippen LogP contribution in [0.1, 0.15) is 57.3 Å². The third kappa shape index (κ3) is 3.70. The molecule has 0 radical (unpaired) electrons. The van der Waals surface area contributed by atoms with Crippen LogP contribution in [-0.2, 0) is 4.79 Å². The summed E-state index contributed by atoms with van der Waals surface area (Å²) in [6.07, 6.45) is 3.15. The largest absolute Gasteiger partial charge is 0.341 e. The lowest BCUT2D eigenvalue weighted by Gasteiger charge is -2.39. The summed E-state index contributed by atoms with van der Waals surface area (Å²) in [5.74, 6) is -0.930. The SMILES string of the molecule is CC(NC(=O)c1cccc(F)c1)C(=O)N1CC2(C)CC1CC(C)(C)C2. The number of carbonyl (C=O) groups is 2. The van der Waals surface area contributed by atoms with E-state index in [9.17, 15) is 14.0 Å². The second-order valence-corrected chi connectivity index (χ2v) is 8.89. The average Bonchev–Trinajstić information content (AvgIpc) is 2.75. The minimum absolute atomic E-state index is 0.0452. The molecule has 2 aliphatic rings. The Labute approximate surface area is 148 Å². The molecule has 0 spiro atoms. The Balaban J connectivity index is 1.68. The number of hydrogen-bond acceptors (Lipinski definition) is 2. The average molecular weight is 346 g/mol. The predicted molar refractivity (Wildman–Crippen MR) is 94.6 cm³/mol. The summed E-state index contributed by atoms with van der Waals surface area (Å²) < 4.78 is 13.3. The van der Waals surface area contributed by atoms with Crippen LogP contribution in [0.3, 0.4) is 0 Å². The van der Waals surface area contributed by atoms with Gasteiger partial charge in [0.1, 0.15) is 11.9 Å². The number of benzene rings is 1. The lowest BCUT2D eigenvalue weighted by atomic mass is 9.65. The molecule has 3 unspecified atom stereocenters. The van der Waals surface area contributed by atoms with Gasteiger partial charge in [0.05, 0.1) is 0 Å². The van der Waals surface area contributed by atoms with E-state index < -0.39 is 17.8 Å². The van der Waals surface area contributed by atoms with Crippen molar-refractivity contribution in [3.8, 4) is 0 Å². The molecule has 1 aliphatic heterocycles. The summed E-state index contributed by atoms with van der Waals surface area (Å²) >= 11 is 0. The first-order valence-electron chi connectivity index (χ1n) is 8.96. The Kier molecular flexibility index (Phi) is 4.38. The summed E-state index contributed by atoms with van der Waals surface area (Å²) in [4.78, 5) is 27.1.